The van der Waals surface area contributed by atoms with E-state index in [4.69, 9.17) is 11.6 Å². The molecule has 0 bridgehead atoms. The van der Waals surface area contributed by atoms with Crippen molar-refractivity contribution in [1.29, 1.82) is 0 Å². The molecule has 0 saturated heterocycles. The van der Waals surface area contributed by atoms with Gasteiger partial charge in [-0.25, -0.2) is 4.98 Å². The molecule has 1 amide bonds. The highest BCUT2D eigenvalue weighted by Crippen LogP contribution is 2.14. The lowest BCUT2D eigenvalue weighted by atomic mass is 10.2. The first kappa shape index (κ1) is 14.3. The summed E-state index contributed by atoms with van der Waals surface area (Å²) in [6.07, 6.45) is 0. The van der Waals surface area contributed by atoms with E-state index < -0.39 is 0 Å². The van der Waals surface area contributed by atoms with Crippen LogP contribution in [0.4, 0.5) is 5.82 Å². The SMILES string of the molecule is CCNc1cccc(C(=O)NCc2ccccc2Cl)n1. The van der Waals surface area contributed by atoms with Crippen molar-refractivity contribution in [2.75, 3.05) is 11.9 Å². The first-order valence-corrected chi connectivity index (χ1v) is 6.81. The van der Waals surface area contributed by atoms with Gasteiger partial charge >= 0.3 is 0 Å². The van der Waals surface area contributed by atoms with Crippen LogP contribution in [0.15, 0.2) is 42.5 Å². The molecule has 0 atom stereocenters. The van der Waals surface area contributed by atoms with E-state index in [0.717, 1.165) is 12.1 Å². The molecule has 0 fully saturated rings. The number of pyridine rings is 1. The van der Waals surface area contributed by atoms with Gasteiger partial charge in [0.2, 0.25) is 0 Å². The van der Waals surface area contributed by atoms with E-state index in [9.17, 15) is 4.79 Å². The molecule has 0 spiro atoms. The second-order valence-electron chi connectivity index (χ2n) is 4.21. The van der Waals surface area contributed by atoms with Gasteiger partial charge in [0.15, 0.2) is 0 Å². The number of nitrogens with one attached hydrogen (secondary N) is 2. The zero-order valence-corrected chi connectivity index (χ0v) is 11.9. The molecule has 0 aliphatic heterocycles. The van der Waals surface area contributed by atoms with Crippen LogP contribution >= 0.6 is 11.6 Å². The summed E-state index contributed by atoms with van der Waals surface area (Å²) in [5.74, 6) is 0.475. The minimum Gasteiger partial charge on any atom is -0.370 e. The molecule has 2 aromatic rings. The monoisotopic (exact) mass is 289 g/mol. The van der Waals surface area contributed by atoms with Crippen LogP contribution < -0.4 is 10.6 Å². The largest absolute Gasteiger partial charge is 0.370 e. The minimum absolute atomic E-state index is 0.218. The van der Waals surface area contributed by atoms with Crippen LogP contribution in [-0.4, -0.2) is 17.4 Å². The molecule has 1 heterocycles. The van der Waals surface area contributed by atoms with E-state index in [1.54, 1.807) is 18.2 Å². The Kier molecular flexibility index (Phi) is 4.96. The number of hydrogen-bond acceptors (Lipinski definition) is 3. The van der Waals surface area contributed by atoms with Gasteiger partial charge < -0.3 is 10.6 Å². The second-order valence-corrected chi connectivity index (χ2v) is 4.62. The van der Waals surface area contributed by atoms with Crippen LogP contribution in [-0.2, 0) is 6.54 Å². The third-order valence-electron chi connectivity index (χ3n) is 2.74. The maximum absolute atomic E-state index is 12.0. The Morgan fingerprint density at radius 2 is 2.00 bits per heavy atom. The summed E-state index contributed by atoms with van der Waals surface area (Å²) < 4.78 is 0. The molecule has 1 aromatic carbocycles. The highest BCUT2D eigenvalue weighted by atomic mass is 35.5. The third-order valence-corrected chi connectivity index (χ3v) is 3.11. The second kappa shape index (κ2) is 6.91. The highest BCUT2D eigenvalue weighted by molar-refractivity contribution is 6.31. The van der Waals surface area contributed by atoms with Crippen molar-refractivity contribution in [3.8, 4) is 0 Å². The molecule has 104 valence electrons. The predicted octanol–water partition coefficient (Wildman–Crippen LogP) is 3.10. The Morgan fingerprint density at radius 1 is 1.20 bits per heavy atom. The molecule has 5 heteroatoms. The summed E-state index contributed by atoms with van der Waals surface area (Å²) in [5, 5.41) is 6.53. The van der Waals surface area contributed by atoms with Crippen LogP contribution in [0.1, 0.15) is 23.0 Å². The number of carbonyl (C=O) groups is 1. The molecule has 4 nitrogen and oxygen atoms in total. The summed E-state index contributed by atoms with van der Waals surface area (Å²) in [7, 11) is 0. The first-order chi connectivity index (χ1) is 9.70. The van der Waals surface area contributed by atoms with Gasteiger partial charge in [0.25, 0.3) is 5.91 Å². The van der Waals surface area contributed by atoms with Crippen molar-refractivity contribution < 1.29 is 4.79 Å². The van der Waals surface area contributed by atoms with Crippen molar-refractivity contribution in [3.63, 3.8) is 0 Å². The number of benzene rings is 1. The summed E-state index contributed by atoms with van der Waals surface area (Å²) in [5.41, 5.74) is 1.26. The number of carbonyl (C=O) groups excluding carboxylic acids is 1. The maximum Gasteiger partial charge on any atom is 0.270 e. The quantitative estimate of drug-likeness (QED) is 0.889. The molecule has 0 saturated carbocycles. The molecule has 0 radical (unpaired) electrons. The zero-order chi connectivity index (χ0) is 14.4. The Morgan fingerprint density at radius 3 is 2.75 bits per heavy atom. The van der Waals surface area contributed by atoms with Crippen LogP contribution in [0.5, 0.6) is 0 Å². The predicted molar refractivity (Wildman–Crippen MR) is 81.0 cm³/mol. The fourth-order valence-electron chi connectivity index (χ4n) is 1.75. The van der Waals surface area contributed by atoms with Gasteiger partial charge in [0.1, 0.15) is 11.5 Å². The van der Waals surface area contributed by atoms with E-state index in [1.165, 1.54) is 0 Å². The fourth-order valence-corrected chi connectivity index (χ4v) is 1.95. The molecule has 0 aliphatic rings. The average molecular weight is 290 g/mol. The van der Waals surface area contributed by atoms with Crippen molar-refractivity contribution >= 4 is 23.3 Å². The minimum atomic E-state index is -0.218. The summed E-state index contributed by atoms with van der Waals surface area (Å²) in [6.45, 7) is 3.12. The van der Waals surface area contributed by atoms with Crippen LogP contribution in [0, 0.1) is 0 Å². The van der Waals surface area contributed by atoms with Gasteiger partial charge in [-0.2, -0.15) is 0 Å². The van der Waals surface area contributed by atoms with E-state index in [1.807, 2.05) is 31.2 Å². The Labute approximate surface area is 123 Å². The van der Waals surface area contributed by atoms with E-state index in [-0.39, 0.29) is 5.91 Å². The number of hydrogen-bond donors (Lipinski definition) is 2. The molecule has 0 unspecified atom stereocenters. The number of halogens is 1. The highest BCUT2D eigenvalue weighted by Gasteiger charge is 2.08. The summed E-state index contributed by atoms with van der Waals surface area (Å²) in [4.78, 5) is 16.3. The van der Waals surface area contributed by atoms with E-state index in [2.05, 4.69) is 15.6 Å². The number of amides is 1. The van der Waals surface area contributed by atoms with Gasteiger partial charge in [-0.1, -0.05) is 35.9 Å². The Balaban J connectivity index is 2.01. The van der Waals surface area contributed by atoms with E-state index >= 15 is 0 Å². The summed E-state index contributed by atoms with van der Waals surface area (Å²) in [6, 6.07) is 12.7. The topological polar surface area (TPSA) is 54.0 Å². The van der Waals surface area contributed by atoms with Gasteiger partial charge in [-0.05, 0) is 30.7 Å². The molecule has 1 aromatic heterocycles. The third kappa shape index (κ3) is 3.71. The Bertz CT molecular complexity index is 601. The van der Waals surface area contributed by atoms with Crippen molar-refractivity contribution in [2.24, 2.45) is 0 Å². The molecular formula is C15H16ClN3O. The van der Waals surface area contributed by atoms with Crippen LogP contribution in [0.2, 0.25) is 5.02 Å². The molecule has 2 N–H and O–H groups in total. The lowest BCUT2D eigenvalue weighted by molar-refractivity contribution is 0.0946. The van der Waals surface area contributed by atoms with Crippen molar-refractivity contribution in [1.82, 2.24) is 10.3 Å². The van der Waals surface area contributed by atoms with Gasteiger partial charge in [-0.15, -0.1) is 0 Å². The Hall–Kier alpha value is -2.07. The van der Waals surface area contributed by atoms with Gasteiger partial charge in [0, 0.05) is 18.1 Å². The maximum atomic E-state index is 12.0. The van der Waals surface area contributed by atoms with Gasteiger partial charge in [0.05, 0.1) is 0 Å². The lowest BCUT2D eigenvalue weighted by Crippen LogP contribution is -2.24. The van der Waals surface area contributed by atoms with E-state index in [0.29, 0.717) is 23.1 Å². The van der Waals surface area contributed by atoms with Crippen molar-refractivity contribution in [2.45, 2.75) is 13.5 Å². The van der Waals surface area contributed by atoms with Gasteiger partial charge in [-0.3, -0.25) is 4.79 Å². The molecule has 2 rings (SSSR count). The zero-order valence-electron chi connectivity index (χ0n) is 11.2. The number of rotatable bonds is 5. The standard InChI is InChI=1S/C15H16ClN3O/c1-2-17-14-9-5-8-13(19-14)15(20)18-10-11-6-3-4-7-12(11)16/h3-9H,2,10H2,1H3,(H,17,19)(H,18,20). The van der Waals surface area contributed by atoms with Crippen LogP contribution in [0.25, 0.3) is 0 Å². The van der Waals surface area contributed by atoms with Crippen LogP contribution in [0.3, 0.4) is 0 Å². The summed E-state index contributed by atoms with van der Waals surface area (Å²) >= 11 is 6.04. The average Bonchev–Trinajstić information content (AvgIpc) is 2.47. The number of nitrogens with zero attached hydrogens (tertiary/aromatic N) is 1. The number of aromatic nitrogens is 1. The lowest BCUT2D eigenvalue weighted by Gasteiger charge is -2.08. The molecule has 20 heavy (non-hydrogen) atoms. The smallest absolute Gasteiger partial charge is 0.270 e. The first-order valence-electron chi connectivity index (χ1n) is 6.43. The fraction of sp³-hybridized carbons (Fsp3) is 0.200. The normalized spacial score (nSPS) is 10.1. The van der Waals surface area contributed by atoms with Crippen molar-refractivity contribution in [3.05, 3.63) is 58.7 Å². The number of anilines is 1. The molecule has 0 aliphatic carbocycles. The molecular weight excluding hydrogens is 274 g/mol.